The third kappa shape index (κ3) is 7.65. The molecule has 268 valence electrons. The molecule has 0 radical (unpaired) electrons. The number of benzene rings is 6. The standard InChI is InChI=1S/C43H32O9P2/c1-43(2)37-5-3-7-39(53(49-33-17-9-29(25-44)10-18-33)50-34-19-11-30(26-45)12-20-34)41(37)48-42-38(43)6-4-8-40(42)54(51-35-21-13-31(27-46)14-22-35)52-36-23-15-32(28-47)16-24-36/h3-28H,1-2H3. The molecule has 6 aromatic rings. The summed E-state index contributed by atoms with van der Waals surface area (Å²) in [4.78, 5) is 45.5. The Kier molecular flexibility index (Phi) is 10.6. The second-order valence-corrected chi connectivity index (χ2v) is 15.4. The van der Waals surface area contributed by atoms with Crippen molar-refractivity contribution >= 4 is 52.5 Å². The van der Waals surface area contributed by atoms with Crippen LogP contribution in [0.2, 0.25) is 0 Å². The summed E-state index contributed by atoms with van der Waals surface area (Å²) in [5.74, 6) is 3.02. The van der Waals surface area contributed by atoms with E-state index in [1.54, 1.807) is 97.1 Å². The molecular formula is C43H32O9P2. The Morgan fingerprint density at radius 2 is 0.704 bits per heavy atom. The maximum Gasteiger partial charge on any atom is 0.330 e. The third-order valence-electron chi connectivity index (χ3n) is 8.75. The van der Waals surface area contributed by atoms with E-state index in [1.807, 2.05) is 36.4 Å². The van der Waals surface area contributed by atoms with E-state index >= 15 is 0 Å². The number of hydrogen-bond donors (Lipinski definition) is 0. The first-order valence-electron chi connectivity index (χ1n) is 16.8. The van der Waals surface area contributed by atoms with Gasteiger partial charge in [-0.3, -0.25) is 19.2 Å². The molecule has 0 spiro atoms. The van der Waals surface area contributed by atoms with Crippen LogP contribution in [0.1, 0.15) is 66.4 Å². The van der Waals surface area contributed by atoms with Gasteiger partial charge in [0.1, 0.15) is 59.6 Å². The average Bonchev–Trinajstić information content (AvgIpc) is 3.21. The van der Waals surface area contributed by atoms with Crippen LogP contribution in [0.25, 0.3) is 0 Å². The predicted octanol–water partition coefficient (Wildman–Crippen LogP) is 9.56. The van der Waals surface area contributed by atoms with Crippen LogP contribution in [0.5, 0.6) is 34.5 Å². The minimum atomic E-state index is -1.91. The molecule has 6 aromatic carbocycles. The first-order chi connectivity index (χ1) is 26.3. The van der Waals surface area contributed by atoms with Crippen molar-refractivity contribution in [2.24, 2.45) is 0 Å². The lowest BCUT2D eigenvalue weighted by molar-refractivity contribution is 0.111. The summed E-state index contributed by atoms with van der Waals surface area (Å²) in [7, 11) is -3.82. The third-order valence-corrected chi connectivity index (χ3v) is 11.7. The maximum absolute atomic E-state index is 11.4. The van der Waals surface area contributed by atoms with Crippen LogP contribution in [0.3, 0.4) is 0 Å². The van der Waals surface area contributed by atoms with Gasteiger partial charge in [-0.05, 0) is 109 Å². The predicted molar refractivity (Wildman–Crippen MR) is 208 cm³/mol. The number of ether oxygens (including phenoxy) is 1. The van der Waals surface area contributed by atoms with Crippen molar-refractivity contribution in [3.05, 3.63) is 167 Å². The highest BCUT2D eigenvalue weighted by Gasteiger charge is 2.41. The van der Waals surface area contributed by atoms with Crippen molar-refractivity contribution in [3.8, 4) is 34.5 Å². The summed E-state index contributed by atoms with van der Waals surface area (Å²) in [5, 5.41) is 1.30. The molecule has 0 atom stereocenters. The van der Waals surface area contributed by atoms with Crippen LogP contribution < -0.4 is 33.4 Å². The smallest absolute Gasteiger partial charge is 0.330 e. The molecule has 0 bridgehead atoms. The molecule has 7 rings (SSSR count). The molecule has 54 heavy (non-hydrogen) atoms. The summed E-state index contributed by atoms with van der Waals surface area (Å²) in [5.41, 5.74) is 3.24. The van der Waals surface area contributed by atoms with Gasteiger partial charge in [-0.2, -0.15) is 0 Å². The summed E-state index contributed by atoms with van der Waals surface area (Å²) >= 11 is 0. The van der Waals surface area contributed by atoms with Crippen molar-refractivity contribution in [1.82, 2.24) is 0 Å². The minimum Gasteiger partial charge on any atom is -0.455 e. The van der Waals surface area contributed by atoms with Gasteiger partial charge in [0, 0.05) is 38.8 Å². The molecule has 1 heterocycles. The van der Waals surface area contributed by atoms with Gasteiger partial charge in [0.2, 0.25) is 0 Å². The van der Waals surface area contributed by atoms with Crippen LogP contribution in [0, 0.1) is 0 Å². The highest BCUT2D eigenvalue weighted by molar-refractivity contribution is 7.57. The summed E-state index contributed by atoms with van der Waals surface area (Å²) in [6.07, 6.45) is 3.05. The highest BCUT2D eigenvalue weighted by Crippen LogP contribution is 2.53. The number of hydrogen-bond acceptors (Lipinski definition) is 9. The molecule has 0 amide bonds. The maximum atomic E-state index is 11.4. The van der Waals surface area contributed by atoms with Crippen molar-refractivity contribution in [1.29, 1.82) is 0 Å². The number of fused-ring (bicyclic) bond motifs is 2. The Balaban J connectivity index is 1.32. The lowest BCUT2D eigenvalue weighted by Crippen LogP contribution is -2.30. The summed E-state index contributed by atoms with van der Waals surface area (Å²) in [6.45, 7) is 4.22. The number of rotatable bonds is 14. The van der Waals surface area contributed by atoms with E-state index in [9.17, 15) is 19.2 Å². The molecule has 0 N–H and O–H groups in total. The molecule has 1 aliphatic rings. The molecule has 0 saturated carbocycles. The lowest BCUT2D eigenvalue weighted by Gasteiger charge is -2.37. The molecule has 0 unspecified atom stereocenters. The van der Waals surface area contributed by atoms with E-state index in [-0.39, 0.29) is 0 Å². The lowest BCUT2D eigenvalue weighted by atomic mass is 9.76. The second kappa shape index (κ2) is 15.8. The van der Waals surface area contributed by atoms with E-state index in [4.69, 9.17) is 22.8 Å². The fourth-order valence-electron chi connectivity index (χ4n) is 5.83. The SMILES string of the molecule is CC1(C)c2cccc(P(Oc3ccc(C=O)cc3)Oc3ccc(C=O)cc3)c2Oc2c(P(Oc3ccc(C=O)cc3)Oc3ccc(C=O)cc3)cccc21. The van der Waals surface area contributed by atoms with Gasteiger partial charge in [0.05, 0.1) is 10.6 Å². The fraction of sp³-hybridized carbons (Fsp3) is 0.0698. The van der Waals surface area contributed by atoms with Crippen LogP contribution in [-0.4, -0.2) is 25.1 Å². The molecule has 11 heteroatoms. The molecule has 0 aromatic heterocycles. The second-order valence-electron chi connectivity index (χ2n) is 12.7. The van der Waals surface area contributed by atoms with E-state index in [0.29, 0.717) is 67.4 Å². The van der Waals surface area contributed by atoms with E-state index < -0.39 is 22.2 Å². The minimum absolute atomic E-state index is 0.483. The van der Waals surface area contributed by atoms with Gasteiger partial charge in [-0.25, -0.2) is 0 Å². The summed E-state index contributed by atoms with van der Waals surface area (Å²) < 4.78 is 33.1. The van der Waals surface area contributed by atoms with Gasteiger partial charge in [-0.1, -0.05) is 38.1 Å². The Morgan fingerprint density at radius 3 is 0.963 bits per heavy atom. The Bertz CT molecular complexity index is 2040. The highest BCUT2D eigenvalue weighted by atomic mass is 31.2. The average molecular weight is 755 g/mol. The molecular weight excluding hydrogens is 722 g/mol. The van der Waals surface area contributed by atoms with Gasteiger partial charge in [-0.15, -0.1) is 0 Å². The van der Waals surface area contributed by atoms with Crippen LogP contribution in [0.15, 0.2) is 133 Å². The Hall–Kier alpha value is -6.14. The zero-order chi connectivity index (χ0) is 37.7. The zero-order valence-electron chi connectivity index (χ0n) is 29.1. The molecule has 0 aliphatic carbocycles. The van der Waals surface area contributed by atoms with Gasteiger partial charge in [0.15, 0.2) is 0 Å². The van der Waals surface area contributed by atoms with E-state index in [1.165, 1.54) is 0 Å². The van der Waals surface area contributed by atoms with E-state index in [2.05, 4.69) is 13.8 Å². The number of aldehydes is 4. The van der Waals surface area contributed by atoms with Gasteiger partial charge < -0.3 is 22.8 Å². The van der Waals surface area contributed by atoms with Gasteiger partial charge >= 0.3 is 16.8 Å². The van der Waals surface area contributed by atoms with Crippen molar-refractivity contribution < 1.29 is 42.0 Å². The fourth-order valence-corrected chi connectivity index (χ4v) is 8.63. The topological polar surface area (TPSA) is 114 Å². The van der Waals surface area contributed by atoms with Crippen LogP contribution >= 0.6 is 16.8 Å². The van der Waals surface area contributed by atoms with E-state index in [0.717, 1.165) is 36.3 Å². The Labute approximate surface area is 314 Å². The normalized spacial score (nSPS) is 12.4. The monoisotopic (exact) mass is 754 g/mol. The zero-order valence-corrected chi connectivity index (χ0v) is 30.9. The van der Waals surface area contributed by atoms with Crippen molar-refractivity contribution in [2.45, 2.75) is 19.3 Å². The number of para-hydroxylation sites is 2. The molecule has 0 fully saturated rings. The summed E-state index contributed by atoms with van der Waals surface area (Å²) in [6, 6.07) is 38.7. The van der Waals surface area contributed by atoms with Crippen molar-refractivity contribution in [3.63, 3.8) is 0 Å². The van der Waals surface area contributed by atoms with Crippen LogP contribution in [-0.2, 0) is 5.41 Å². The van der Waals surface area contributed by atoms with Crippen LogP contribution in [0.4, 0.5) is 0 Å². The molecule has 9 nitrogen and oxygen atoms in total. The van der Waals surface area contributed by atoms with Crippen molar-refractivity contribution in [2.75, 3.05) is 0 Å². The first-order valence-corrected chi connectivity index (χ1v) is 19.1. The quantitative estimate of drug-likeness (QED) is 0.0792. The number of carbonyl (C=O) groups is 4. The molecule has 0 saturated heterocycles. The van der Waals surface area contributed by atoms with Gasteiger partial charge in [0.25, 0.3) is 0 Å². The Morgan fingerprint density at radius 1 is 0.426 bits per heavy atom. The number of carbonyl (C=O) groups excluding carboxylic acids is 4. The first kappa shape index (κ1) is 36.2. The largest absolute Gasteiger partial charge is 0.455 e. The molecule has 1 aliphatic heterocycles.